The van der Waals surface area contributed by atoms with E-state index < -0.39 is 11.0 Å². The van der Waals surface area contributed by atoms with Gasteiger partial charge >= 0.3 is 6.09 Å². The van der Waals surface area contributed by atoms with Crippen LogP contribution in [0.2, 0.25) is 0 Å². The maximum atomic E-state index is 12.3. The van der Waals surface area contributed by atoms with Crippen molar-refractivity contribution >= 4 is 11.9 Å². The predicted octanol–water partition coefficient (Wildman–Crippen LogP) is 1.99. The summed E-state index contributed by atoms with van der Waals surface area (Å²) >= 11 is 0. The molecule has 1 unspecified atom stereocenters. The number of morpholine rings is 1. The Labute approximate surface area is 114 Å². The Morgan fingerprint density at radius 3 is 2.42 bits per heavy atom. The predicted molar refractivity (Wildman–Crippen MR) is 69.9 cm³/mol. The second kappa shape index (κ2) is 4.78. The maximum Gasteiger partial charge on any atom is 0.410 e. The summed E-state index contributed by atoms with van der Waals surface area (Å²) in [7, 11) is 0. The standard InChI is InChI=1S/C14H23NO4/c1-10(16)14(5-6-14)11-9-18-8-7-15(11)12(17)19-13(2,3)4/h11H,5-9H2,1-4H3. The first kappa shape index (κ1) is 14.3. The maximum absolute atomic E-state index is 12.3. The minimum atomic E-state index is -0.521. The number of amides is 1. The number of ether oxygens (including phenoxy) is 2. The number of carbonyl (C=O) groups excluding carboxylic acids is 2. The molecule has 0 bridgehead atoms. The topological polar surface area (TPSA) is 55.8 Å². The molecule has 5 heteroatoms. The van der Waals surface area contributed by atoms with Crippen LogP contribution in [0.1, 0.15) is 40.5 Å². The van der Waals surface area contributed by atoms with E-state index in [1.165, 1.54) is 0 Å². The third kappa shape index (κ3) is 2.91. The zero-order valence-corrected chi connectivity index (χ0v) is 12.2. The van der Waals surface area contributed by atoms with Crippen molar-refractivity contribution in [2.24, 2.45) is 5.41 Å². The largest absolute Gasteiger partial charge is 0.444 e. The van der Waals surface area contributed by atoms with Gasteiger partial charge in [0.1, 0.15) is 11.4 Å². The van der Waals surface area contributed by atoms with Crippen molar-refractivity contribution in [3.63, 3.8) is 0 Å². The normalized spacial score (nSPS) is 25.9. The van der Waals surface area contributed by atoms with E-state index in [2.05, 4.69) is 0 Å². The van der Waals surface area contributed by atoms with Gasteiger partial charge in [0.2, 0.25) is 0 Å². The molecule has 1 saturated heterocycles. The number of hydrogen-bond acceptors (Lipinski definition) is 4. The van der Waals surface area contributed by atoms with Crippen LogP contribution in [-0.2, 0) is 14.3 Å². The lowest BCUT2D eigenvalue weighted by molar-refractivity contribution is -0.128. The highest BCUT2D eigenvalue weighted by molar-refractivity contribution is 5.86. The van der Waals surface area contributed by atoms with E-state index in [-0.39, 0.29) is 17.9 Å². The number of Topliss-reactive ketones (excluding diaryl/α,β-unsaturated/α-hetero) is 1. The molecule has 1 saturated carbocycles. The highest BCUT2D eigenvalue weighted by Crippen LogP contribution is 2.52. The van der Waals surface area contributed by atoms with E-state index in [9.17, 15) is 9.59 Å². The molecule has 0 N–H and O–H groups in total. The van der Waals surface area contributed by atoms with Gasteiger partial charge in [0.05, 0.1) is 24.7 Å². The fraction of sp³-hybridized carbons (Fsp3) is 0.857. The smallest absolute Gasteiger partial charge is 0.410 e. The average Bonchev–Trinajstić information content (AvgIpc) is 3.07. The van der Waals surface area contributed by atoms with Gasteiger partial charge in [0, 0.05) is 6.54 Å². The van der Waals surface area contributed by atoms with E-state index in [1.807, 2.05) is 20.8 Å². The van der Waals surface area contributed by atoms with Gasteiger partial charge in [-0.2, -0.15) is 0 Å². The van der Waals surface area contributed by atoms with Gasteiger partial charge in [-0.05, 0) is 40.5 Å². The molecule has 2 fully saturated rings. The summed E-state index contributed by atoms with van der Waals surface area (Å²) in [4.78, 5) is 25.8. The van der Waals surface area contributed by atoms with Crippen LogP contribution in [-0.4, -0.2) is 48.2 Å². The molecule has 1 atom stereocenters. The second-order valence-corrected chi connectivity index (χ2v) is 6.48. The summed E-state index contributed by atoms with van der Waals surface area (Å²) in [5.41, 5.74) is -0.913. The molecule has 0 aromatic carbocycles. The van der Waals surface area contributed by atoms with Gasteiger partial charge in [-0.3, -0.25) is 9.69 Å². The van der Waals surface area contributed by atoms with Gasteiger partial charge in [-0.15, -0.1) is 0 Å². The molecule has 0 aromatic rings. The third-order valence-corrected chi connectivity index (χ3v) is 3.88. The Balaban J connectivity index is 2.13. The molecule has 1 aliphatic heterocycles. The van der Waals surface area contributed by atoms with Crippen molar-refractivity contribution in [1.29, 1.82) is 0 Å². The van der Waals surface area contributed by atoms with Gasteiger partial charge in [-0.25, -0.2) is 4.79 Å². The summed E-state index contributed by atoms with van der Waals surface area (Å²) in [6, 6.07) is -0.173. The van der Waals surface area contributed by atoms with Crippen LogP contribution in [0.3, 0.4) is 0 Å². The van der Waals surface area contributed by atoms with E-state index in [0.717, 1.165) is 12.8 Å². The van der Waals surface area contributed by atoms with Gasteiger partial charge in [0.15, 0.2) is 0 Å². The van der Waals surface area contributed by atoms with Crippen molar-refractivity contribution in [2.75, 3.05) is 19.8 Å². The monoisotopic (exact) mass is 269 g/mol. The Morgan fingerprint density at radius 2 is 1.95 bits per heavy atom. The van der Waals surface area contributed by atoms with Crippen molar-refractivity contribution in [3.8, 4) is 0 Å². The SMILES string of the molecule is CC(=O)C1(C2COCCN2C(=O)OC(C)(C)C)CC1. The fourth-order valence-corrected chi connectivity index (χ4v) is 2.66. The lowest BCUT2D eigenvalue weighted by Gasteiger charge is -2.40. The molecule has 1 amide bonds. The number of ketones is 1. The highest BCUT2D eigenvalue weighted by atomic mass is 16.6. The number of rotatable bonds is 2. The highest BCUT2D eigenvalue weighted by Gasteiger charge is 2.57. The van der Waals surface area contributed by atoms with E-state index in [1.54, 1.807) is 11.8 Å². The van der Waals surface area contributed by atoms with Crippen LogP contribution in [0.4, 0.5) is 4.79 Å². The molecule has 0 radical (unpaired) electrons. The number of nitrogens with zero attached hydrogens (tertiary/aromatic N) is 1. The molecular weight excluding hydrogens is 246 g/mol. The number of carbonyl (C=O) groups is 2. The summed E-state index contributed by atoms with van der Waals surface area (Å²) in [6.45, 7) is 8.57. The van der Waals surface area contributed by atoms with E-state index in [0.29, 0.717) is 19.8 Å². The van der Waals surface area contributed by atoms with Gasteiger partial charge < -0.3 is 9.47 Å². The fourth-order valence-electron chi connectivity index (χ4n) is 2.66. The molecule has 0 aromatic heterocycles. The summed E-state index contributed by atoms with van der Waals surface area (Å²) in [5.74, 6) is 0.150. The molecular formula is C14H23NO4. The Morgan fingerprint density at radius 1 is 1.32 bits per heavy atom. The van der Waals surface area contributed by atoms with Crippen molar-refractivity contribution in [1.82, 2.24) is 4.90 Å². The summed E-state index contributed by atoms with van der Waals surface area (Å²) in [6.07, 6.45) is 1.35. The lowest BCUT2D eigenvalue weighted by atomic mass is 9.91. The van der Waals surface area contributed by atoms with Gasteiger partial charge in [-0.1, -0.05) is 0 Å². The first-order valence-electron chi connectivity index (χ1n) is 6.85. The minimum absolute atomic E-state index is 0.150. The molecule has 1 heterocycles. The molecule has 2 aliphatic rings. The summed E-state index contributed by atoms with van der Waals surface area (Å²) in [5, 5.41) is 0. The molecule has 19 heavy (non-hydrogen) atoms. The zero-order valence-electron chi connectivity index (χ0n) is 12.2. The number of hydrogen-bond donors (Lipinski definition) is 0. The second-order valence-electron chi connectivity index (χ2n) is 6.48. The van der Waals surface area contributed by atoms with Crippen molar-refractivity contribution < 1.29 is 19.1 Å². The summed E-state index contributed by atoms with van der Waals surface area (Å²) < 4.78 is 10.9. The molecule has 1 aliphatic carbocycles. The Bertz CT molecular complexity index is 381. The molecule has 2 rings (SSSR count). The van der Waals surface area contributed by atoms with Crippen LogP contribution in [0.15, 0.2) is 0 Å². The van der Waals surface area contributed by atoms with Gasteiger partial charge in [0.25, 0.3) is 0 Å². The quantitative estimate of drug-likeness (QED) is 0.769. The Kier molecular flexibility index (Phi) is 3.60. The first-order chi connectivity index (χ1) is 8.76. The molecule has 0 spiro atoms. The van der Waals surface area contributed by atoms with Crippen LogP contribution < -0.4 is 0 Å². The van der Waals surface area contributed by atoms with Crippen LogP contribution in [0, 0.1) is 5.41 Å². The molecule has 108 valence electrons. The van der Waals surface area contributed by atoms with E-state index >= 15 is 0 Å². The van der Waals surface area contributed by atoms with Crippen LogP contribution in [0.5, 0.6) is 0 Å². The van der Waals surface area contributed by atoms with Crippen LogP contribution >= 0.6 is 0 Å². The average molecular weight is 269 g/mol. The minimum Gasteiger partial charge on any atom is -0.444 e. The zero-order chi connectivity index (χ0) is 14.3. The van der Waals surface area contributed by atoms with E-state index in [4.69, 9.17) is 9.47 Å². The third-order valence-electron chi connectivity index (χ3n) is 3.88. The van der Waals surface area contributed by atoms with Crippen molar-refractivity contribution in [3.05, 3.63) is 0 Å². The lowest BCUT2D eigenvalue weighted by Crippen LogP contribution is -2.55. The van der Waals surface area contributed by atoms with Crippen LogP contribution in [0.25, 0.3) is 0 Å². The first-order valence-corrected chi connectivity index (χ1v) is 6.85. The molecule has 5 nitrogen and oxygen atoms in total. The Hall–Kier alpha value is -1.10. The van der Waals surface area contributed by atoms with Crippen molar-refractivity contribution in [2.45, 2.75) is 52.2 Å².